The van der Waals surface area contributed by atoms with Crippen LogP contribution in [0.25, 0.3) is 32.5 Å². The van der Waals surface area contributed by atoms with Gasteiger partial charge in [-0.15, -0.1) is 0 Å². The molecule has 1 aromatic heterocycles. The molecule has 34 heavy (non-hydrogen) atoms. The summed E-state index contributed by atoms with van der Waals surface area (Å²) in [4.78, 5) is 18.8. The molecule has 1 fully saturated rings. The number of hydrogen-bond acceptors (Lipinski definition) is 5. The summed E-state index contributed by atoms with van der Waals surface area (Å²) < 4.78 is 40.5. The maximum absolute atomic E-state index is 13.2. The number of fused-ring (bicyclic) bond motifs is 3. The third-order valence-corrected chi connectivity index (χ3v) is 9.35. The van der Waals surface area contributed by atoms with Crippen LogP contribution in [0.2, 0.25) is 0 Å². The number of piperidine rings is 1. The Bertz CT molecular complexity index is 1490. The zero-order valence-electron chi connectivity index (χ0n) is 18.0. The van der Waals surface area contributed by atoms with Crippen molar-refractivity contribution < 1.29 is 17.6 Å². The van der Waals surface area contributed by atoms with Gasteiger partial charge in [-0.05, 0) is 47.9 Å². The standard InChI is InChI=1S/C25H20FN3O3S2/c26-17-9-11-18(12-10-17)34(31,32)29-13-3-6-16(14-29)24(30)28-25-27-22-19-7-1-4-15-5-2-8-20(21(15)19)23(22)33-25/h1-2,4-5,7-12,16H,3,6,13-14H2,(H,27,28,30). The van der Waals surface area contributed by atoms with Gasteiger partial charge < -0.3 is 5.32 Å². The number of sulfonamides is 1. The van der Waals surface area contributed by atoms with Crippen LogP contribution in [-0.2, 0) is 14.8 Å². The molecule has 1 N–H and O–H groups in total. The number of aromatic nitrogens is 1. The van der Waals surface area contributed by atoms with E-state index in [0.29, 0.717) is 24.5 Å². The first-order valence-corrected chi connectivity index (χ1v) is 13.3. The Morgan fingerprint density at radius 3 is 2.56 bits per heavy atom. The summed E-state index contributed by atoms with van der Waals surface area (Å²) in [6, 6.07) is 17.1. The summed E-state index contributed by atoms with van der Waals surface area (Å²) in [6.07, 6.45) is 1.16. The first-order chi connectivity index (χ1) is 16.4. The number of benzene rings is 3. The van der Waals surface area contributed by atoms with Crippen molar-refractivity contribution >= 4 is 43.2 Å². The summed E-state index contributed by atoms with van der Waals surface area (Å²) in [5.74, 6) is -1.22. The molecule has 0 radical (unpaired) electrons. The summed E-state index contributed by atoms with van der Waals surface area (Å²) in [5, 5.41) is 5.78. The SMILES string of the molecule is O=C(Nc1nc2c(s1)-c1cccc3cccc-2c13)C1CCCN(S(=O)(=O)c2ccc(F)cc2)C1. The largest absolute Gasteiger partial charge is 0.302 e. The lowest BCUT2D eigenvalue weighted by Gasteiger charge is -2.31. The number of thiazole rings is 1. The number of anilines is 1. The van der Waals surface area contributed by atoms with E-state index in [4.69, 9.17) is 4.98 Å². The van der Waals surface area contributed by atoms with Crippen LogP contribution >= 0.6 is 11.3 Å². The van der Waals surface area contributed by atoms with Crippen molar-refractivity contribution in [3.8, 4) is 21.7 Å². The van der Waals surface area contributed by atoms with Crippen molar-refractivity contribution in [3.05, 3.63) is 66.5 Å². The van der Waals surface area contributed by atoms with Crippen LogP contribution in [0.4, 0.5) is 9.52 Å². The van der Waals surface area contributed by atoms with Gasteiger partial charge >= 0.3 is 0 Å². The second kappa shape index (κ2) is 7.97. The van der Waals surface area contributed by atoms with Gasteiger partial charge in [-0.1, -0.05) is 47.7 Å². The molecule has 1 aliphatic heterocycles. The van der Waals surface area contributed by atoms with Crippen LogP contribution < -0.4 is 5.32 Å². The highest BCUT2D eigenvalue weighted by Crippen LogP contribution is 2.50. The zero-order chi connectivity index (χ0) is 23.4. The van der Waals surface area contributed by atoms with Crippen molar-refractivity contribution in [1.29, 1.82) is 0 Å². The molecule has 9 heteroatoms. The molecule has 0 bridgehead atoms. The number of nitrogens with zero attached hydrogens (tertiary/aromatic N) is 2. The van der Waals surface area contributed by atoms with Gasteiger partial charge in [0.15, 0.2) is 5.13 Å². The highest BCUT2D eigenvalue weighted by molar-refractivity contribution is 7.89. The van der Waals surface area contributed by atoms with Gasteiger partial charge in [-0.25, -0.2) is 17.8 Å². The van der Waals surface area contributed by atoms with E-state index in [1.54, 1.807) is 0 Å². The van der Waals surface area contributed by atoms with E-state index >= 15 is 0 Å². The predicted octanol–water partition coefficient (Wildman–Crippen LogP) is 5.12. The second-order valence-corrected chi connectivity index (χ2v) is 11.5. The van der Waals surface area contributed by atoms with Gasteiger partial charge in [0.1, 0.15) is 5.82 Å². The summed E-state index contributed by atoms with van der Waals surface area (Å²) in [6.45, 7) is 0.411. The fourth-order valence-electron chi connectivity index (χ4n) is 4.80. The van der Waals surface area contributed by atoms with E-state index in [1.165, 1.54) is 33.2 Å². The molecule has 1 atom stereocenters. The van der Waals surface area contributed by atoms with Crippen LogP contribution in [0.1, 0.15) is 12.8 Å². The molecular formula is C25H20FN3O3S2. The van der Waals surface area contributed by atoms with Gasteiger partial charge in [0.2, 0.25) is 15.9 Å². The second-order valence-electron chi connectivity index (χ2n) is 8.55. The van der Waals surface area contributed by atoms with Crippen molar-refractivity contribution in [1.82, 2.24) is 9.29 Å². The molecule has 6 nitrogen and oxygen atoms in total. The fourth-order valence-corrected chi connectivity index (χ4v) is 7.34. The van der Waals surface area contributed by atoms with Crippen molar-refractivity contribution in [2.24, 2.45) is 5.92 Å². The van der Waals surface area contributed by atoms with E-state index < -0.39 is 21.8 Å². The maximum atomic E-state index is 13.2. The van der Waals surface area contributed by atoms with E-state index in [0.717, 1.165) is 39.2 Å². The first-order valence-electron chi connectivity index (χ1n) is 11.0. The van der Waals surface area contributed by atoms with Crippen LogP contribution in [0.15, 0.2) is 65.6 Å². The molecule has 2 heterocycles. The van der Waals surface area contributed by atoms with Crippen molar-refractivity contribution in [3.63, 3.8) is 0 Å². The molecule has 4 aromatic rings. The van der Waals surface area contributed by atoms with Crippen LogP contribution in [0.5, 0.6) is 0 Å². The molecule has 1 amide bonds. The van der Waals surface area contributed by atoms with Gasteiger partial charge in [-0.3, -0.25) is 4.79 Å². The Morgan fingerprint density at radius 1 is 1.06 bits per heavy atom. The molecule has 172 valence electrons. The predicted molar refractivity (Wildman–Crippen MR) is 131 cm³/mol. The Morgan fingerprint density at radius 2 is 1.79 bits per heavy atom. The number of nitrogens with one attached hydrogen (secondary N) is 1. The van der Waals surface area contributed by atoms with E-state index in [2.05, 4.69) is 23.5 Å². The molecule has 6 rings (SSSR count). The van der Waals surface area contributed by atoms with Gasteiger partial charge in [0.25, 0.3) is 0 Å². The lowest BCUT2D eigenvalue weighted by Crippen LogP contribution is -2.43. The number of carbonyl (C=O) groups is 1. The monoisotopic (exact) mass is 493 g/mol. The minimum atomic E-state index is -3.80. The number of carbonyl (C=O) groups excluding carboxylic acids is 1. The van der Waals surface area contributed by atoms with Crippen molar-refractivity contribution in [2.45, 2.75) is 17.7 Å². The lowest BCUT2D eigenvalue weighted by molar-refractivity contribution is -0.120. The molecule has 0 spiro atoms. The Balaban J connectivity index is 1.21. The summed E-state index contributed by atoms with van der Waals surface area (Å²) in [5.41, 5.74) is 3.06. The fraction of sp³-hybridized carbons (Fsp3) is 0.200. The van der Waals surface area contributed by atoms with E-state index in [1.807, 2.05) is 18.2 Å². The zero-order valence-corrected chi connectivity index (χ0v) is 19.6. The van der Waals surface area contributed by atoms with Gasteiger partial charge in [0.05, 0.1) is 21.4 Å². The molecule has 2 aliphatic rings. The normalized spacial score (nSPS) is 17.6. The van der Waals surface area contributed by atoms with Crippen LogP contribution in [0, 0.1) is 11.7 Å². The number of hydrogen-bond donors (Lipinski definition) is 1. The average Bonchev–Trinajstić information content (AvgIpc) is 3.39. The highest BCUT2D eigenvalue weighted by atomic mass is 32.2. The minimum absolute atomic E-state index is 0.0270. The third-order valence-electron chi connectivity index (χ3n) is 6.47. The Labute approximate surface area is 200 Å². The number of rotatable bonds is 4. The molecular weight excluding hydrogens is 473 g/mol. The summed E-state index contributed by atoms with van der Waals surface area (Å²) >= 11 is 1.44. The topological polar surface area (TPSA) is 79.4 Å². The first kappa shape index (κ1) is 21.4. The number of halogens is 1. The van der Waals surface area contributed by atoms with Crippen molar-refractivity contribution in [2.75, 3.05) is 18.4 Å². The van der Waals surface area contributed by atoms with Gasteiger partial charge in [-0.2, -0.15) is 4.31 Å². The molecule has 1 aliphatic carbocycles. The lowest BCUT2D eigenvalue weighted by atomic mass is 9.99. The van der Waals surface area contributed by atoms with Crippen LogP contribution in [-0.4, -0.2) is 36.7 Å². The average molecular weight is 494 g/mol. The minimum Gasteiger partial charge on any atom is -0.302 e. The Hall–Kier alpha value is -3.14. The summed E-state index contributed by atoms with van der Waals surface area (Å²) in [7, 11) is -3.80. The van der Waals surface area contributed by atoms with Gasteiger partial charge in [0, 0.05) is 24.2 Å². The van der Waals surface area contributed by atoms with E-state index in [-0.39, 0.29) is 17.3 Å². The Kier molecular flexibility index (Phi) is 5.02. The molecule has 1 saturated heterocycles. The highest BCUT2D eigenvalue weighted by Gasteiger charge is 2.34. The van der Waals surface area contributed by atoms with E-state index in [9.17, 15) is 17.6 Å². The number of amides is 1. The maximum Gasteiger partial charge on any atom is 0.243 e. The molecule has 1 unspecified atom stereocenters. The third kappa shape index (κ3) is 3.43. The quantitative estimate of drug-likeness (QED) is 0.377. The molecule has 0 saturated carbocycles. The molecule has 3 aromatic carbocycles. The smallest absolute Gasteiger partial charge is 0.243 e. The van der Waals surface area contributed by atoms with Crippen LogP contribution in [0.3, 0.4) is 0 Å².